The fourth-order valence-corrected chi connectivity index (χ4v) is 5.91. The number of likely N-dealkylation sites (tertiary alicyclic amines) is 1. The lowest BCUT2D eigenvalue weighted by atomic mass is 10.0. The fraction of sp³-hybridized carbons (Fsp3) is 0.452. The van der Waals surface area contributed by atoms with Crippen LogP contribution in [0.2, 0.25) is 0 Å². The standard InChI is InChI=1S/C31H38BrN3O5/c1-37-24-4-7-28(38-2)26(18-24)29-8-5-25(40-29)19-31(36)34-22-11-15-35(16-12-22)20-21-3-6-30(27(32)17-21)39-23-9-13-33-14-10-23/h3-8,17-18,22-23,33H,9-16,19-20H2,1-2H3,(H,34,36). The number of furan rings is 1. The van der Waals surface area contributed by atoms with Crippen LogP contribution < -0.4 is 24.8 Å². The van der Waals surface area contributed by atoms with Gasteiger partial charge in [-0.25, -0.2) is 0 Å². The van der Waals surface area contributed by atoms with E-state index in [2.05, 4.69) is 49.7 Å². The van der Waals surface area contributed by atoms with Crippen LogP contribution in [0.25, 0.3) is 11.3 Å². The monoisotopic (exact) mass is 611 g/mol. The molecule has 2 aromatic carbocycles. The number of hydrogen-bond acceptors (Lipinski definition) is 7. The molecule has 2 aliphatic heterocycles. The lowest BCUT2D eigenvalue weighted by molar-refractivity contribution is -0.121. The zero-order chi connectivity index (χ0) is 27.9. The van der Waals surface area contributed by atoms with E-state index < -0.39 is 0 Å². The molecule has 0 spiro atoms. The van der Waals surface area contributed by atoms with Gasteiger partial charge in [0.25, 0.3) is 0 Å². The third-order valence-electron chi connectivity index (χ3n) is 7.60. The zero-order valence-corrected chi connectivity index (χ0v) is 24.8. The molecule has 2 saturated heterocycles. The summed E-state index contributed by atoms with van der Waals surface area (Å²) in [5.41, 5.74) is 2.05. The van der Waals surface area contributed by atoms with Crippen molar-refractivity contribution < 1.29 is 23.4 Å². The Morgan fingerprint density at radius 1 is 1.00 bits per heavy atom. The molecule has 3 aromatic rings. The molecule has 8 nitrogen and oxygen atoms in total. The average molecular weight is 613 g/mol. The van der Waals surface area contributed by atoms with Gasteiger partial charge in [-0.3, -0.25) is 9.69 Å². The highest BCUT2D eigenvalue weighted by molar-refractivity contribution is 9.10. The maximum atomic E-state index is 12.8. The molecule has 0 radical (unpaired) electrons. The Morgan fingerprint density at radius 2 is 1.77 bits per heavy atom. The first kappa shape index (κ1) is 28.5. The van der Waals surface area contributed by atoms with Crippen molar-refractivity contribution >= 4 is 21.8 Å². The highest BCUT2D eigenvalue weighted by atomic mass is 79.9. The second-order valence-electron chi connectivity index (χ2n) is 10.5. The van der Waals surface area contributed by atoms with Crippen LogP contribution in [0.4, 0.5) is 0 Å². The molecule has 9 heteroatoms. The molecule has 5 rings (SSSR count). The number of amides is 1. The van der Waals surface area contributed by atoms with Crippen molar-refractivity contribution in [2.24, 2.45) is 0 Å². The van der Waals surface area contributed by atoms with E-state index in [0.29, 0.717) is 23.0 Å². The maximum absolute atomic E-state index is 12.8. The van der Waals surface area contributed by atoms with Gasteiger partial charge in [0.05, 0.1) is 30.7 Å². The van der Waals surface area contributed by atoms with Gasteiger partial charge in [0.1, 0.15) is 34.9 Å². The van der Waals surface area contributed by atoms with E-state index in [9.17, 15) is 4.79 Å². The molecule has 0 aliphatic carbocycles. The molecular formula is C31H38BrN3O5. The van der Waals surface area contributed by atoms with E-state index >= 15 is 0 Å². The van der Waals surface area contributed by atoms with Crippen molar-refractivity contribution in [2.45, 2.75) is 50.8 Å². The number of halogens is 1. The SMILES string of the molecule is COc1ccc(OC)c(-c2ccc(CC(=O)NC3CCN(Cc4ccc(OC5CCNCC5)c(Br)c4)CC3)o2)c1. The van der Waals surface area contributed by atoms with Crippen LogP contribution in [0, 0.1) is 0 Å². The van der Waals surface area contributed by atoms with Gasteiger partial charge in [0.2, 0.25) is 5.91 Å². The summed E-state index contributed by atoms with van der Waals surface area (Å²) in [4.78, 5) is 15.2. The second kappa shape index (κ2) is 13.6. The van der Waals surface area contributed by atoms with Crippen LogP contribution >= 0.6 is 15.9 Å². The number of nitrogens with one attached hydrogen (secondary N) is 2. The summed E-state index contributed by atoms with van der Waals surface area (Å²) in [7, 11) is 3.24. The van der Waals surface area contributed by atoms with Crippen molar-refractivity contribution in [3.8, 4) is 28.6 Å². The second-order valence-corrected chi connectivity index (χ2v) is 11.3. The minimum atomic E-state index is -0.0229. The molecule has 40 heavy (non-hydrogen) atoms. The first-order valence-electron chi connectivity index (χ1n) is 14.0. The van der Waals surface area contributed by atoms with Gasteiger partial charge in [-0.1, -0.05) is 6.07 Å². The van der Waals surface area contributed by atoms with E-state index in [1.165, 1.54) is 5.56 Å². The Bertz CT molecular complexity index is 1280. The van der Waals surface area contributed by atoms with Crippen LogP contribution in [-0.2, 0) is 17.8 Å². The molecule has 3 heterocycles. The van der Waals surface area contributed by atoms with Crippen LogP contribution in [0.1, 0.15) is 37.0 Å². The van der Waals surface area contributed by atoms with E-state index in [4.69, 9.17) is 18.6 Å². The molecular weight excluding hydrogens is 574 g/mol. The highest BCUT2D eigenvalue weighted by Gasteiger charge is 2.22. The van der Waals surface area contributed by atoms with Crippen molar-refractivity contribution in [2.75, 3.05) is 40.4 Å². The third-order valence-corrected chi connectivity index (χ3v) is 8.22. The molecule has 2 fully saturated rings. The van der Waals surface area contributed by atoms with Gasteiger partial charge in [0.15, 0.2) is 0 Å². The number of rotatable bonds is 10. The predicted molar refractivity (Wildman–Crippen MR) is 158 cm³/mol. The fourth-order valence-electron chi connectivity index (χ4n) is 5.39. The summed E-state index contributed by atoms with van der Waals surface area (Å²) in [6, 6.07) is 15.8. The molecule has 2 aliphatic rings. The summed E-state index contributed by atoms with van der Waals surface area (Å²) < 4.78 is 24.0. The minimum absolute atomic E-state index is 0.0229. The molecule has 0 unspecified atom stereocenters. The Morgan fingerprint density at radius 3 is 2.50 bits per heavy atom. The largest absolute Gasteiger partial charge is 0.497 e. The quantitative estimate of drug-likeness (QED) is 0.327. The number of ether oxygens (including phenoxy) is 3. The number of nitrogens with zero attached hydrogens (tertiary/aromatic N) is 1. The van der Waals surface area contributed by atoms with Gasteiger partial charge in [-0.15, -0.1) is 0 Å². The van der Waals surface area contributed by atoms with Crippen LogP contribution in [0.15, 0.2) is 57.4 Å². The number of hydrogen-bond donors (Lipinski definition) is 2. The molecule has 0 atom stereocenters. The smallest absolute Gasteiger partial charge is 0.227 e. The Kier molecular flexibility index (Phi) is 9.67. The molecule has 0 saturated carbocycles. The lowest BCUT2D eigenvalue weighted by Crippen LogP contribution is -2.44. The summed E-state index contributed by atoms with van der Waals surface area (Å²) in [5, 5.41) is 6.57. The van der Waals surface area contributed by atoms with E-state index in [1.54, 1.807) is 14.2 Å². The summed E-state index contributed by atoms with van der Waals surface area (Å²) in [5.74, 6) is 3.56. The van der Waals surface area contributed by atoms with Gasteiger partial charge >= 0.3 is 0 Å². The van der Waals surface area contributed by atoms with Crippen LogP contribution in [0.3, 0.4) is 0 Å². The van der Waals surface area contributed by atoms with Crippen molar-refractivity contribution in [3.05, 3.63) is 64.3 Å². The van der Waals surface area contributed by atoms with Crippen molar-refractivity contribution in [1.29, 1.82) is 0 Å². The Labute approximate surface area is 244 Å². The number of benzene rings is 2. The Balaban J connectivity index is 1.08. The number of piperidine rings is 2. The maximum Gasteiger partial charge on any atom is 0.227 e. The van der Waals surface area contributed by atoms with E-state index in [1.807, 2.05) is 30.3 Å². The van der Waals surface area contributed by atoms with Crippen molar-refractivity contribution in [1.82, 2.24) is 15.5 Å². The number of methoxy groups -OCH3 is 2. The normalized spacial score (nSPS) is 17.0. The average Bonchev–Trinajstić information content (AvgIpc) is 3.44. The van der Waals surface area contributed by atoms with Gasteiger partial charge in [-0.2, -0.15) is 0 Å². The Hall–Kier alpha value is -3.01. The molecule has 2 N–H and O–H groups in total. The van der Waals surface area contributed by atoms with E-state index in [0.717, 1.165) is 74.2 Å². The van der Waals surface area contributed by atoms with Crippen LogP contribution in [-0.4, -0.2) is 63.4 Å². The zero-order valence-electron chi connectivity index (χ0n) is 23.2. The van der Waals surface area contributed by atoms with E-state index in [-0.39, 0.29) is 24.5 Å². The topological polar surface area (TPSA) is 85.2 Å². The third kappa shape index (κ3) is 7.38. The molecule has 0 bridgehead atoms. The first-order valence-corrected chi connectivity index (χ1v) is 14.8. The molecule has 214 valence electrons. The van der Waals surface area contributed by atoms with Gasteiger partial charge < -0.3 is 29.3 Å². The number of carbonyl (C=O) groups excluding carboxylic acids is 1. The predicted octanol–water partition coefficient (Wildman–Crippen LogP) is 5.18. The minimum Gasteiger partial charge on any atom is -0.497 e. The van der Waals surface area contributed by atoms with Gasteiger partial charge in [-0.05, 0) is 103 Å². The summed E-state index contributed by atoms with van der Waals surface area (Å²) in [6.45, 7) is 4.80. The summed E-state index contributed by atoms with van der Waals surface area (Å²) >= 11 is 3.70. The van der Waals surface area contributed by atoms with Gasteiger partial charge in [0, 0.05) is 25.7 Å². The lowest BCUT2D eigenvalue weighted by Gasteiger charge is -2.32. The highest BCUT2D eigenvalue weighted by Crippen LogP contribution is 2.34. The van der Waals surface area contributed by atoms with Crippen LogP contribution in [0.5, 0.6) is 17.2 Å². The first-order chi connectivity index (χ1) is 19.5. The molecule has 1 amide bonds. The molecule has 1 aromatic heterocycles. The number of carbonyl (C=O) groups is 1. The van der Waals surface area contributed by atoms with Crippen molar-refractivity contribution in [3.63, 3.8) is 0 Å². The summed E-state index contributed by atoms with van der Waals surface area (Å²) in [6.07, 6.45) is 4.42.